The molecule has 0 saturated heterocycles. The van der Waals surface area contributed by atoms with E-state index in [9.17, 15) is 0 Å². The van der Waals surface area contributed by atoms with Crippen molar-refractivity contribution in [1.82, 2.24) is 4.98 Å². The Hall–Kier alpha value is -0.870. The topological polar surface area (TPSA) is 24.9 Å². The van der Waals surface area contributed by atoms with E-state index in [1.807, 2.05) is 6.20 Å². The van der Waals surface area contributed by atoms with Gasteiger partial charge in [-0.05, 0) is 29.3 Å². The van der Waals surface area contributed by atoms with Gasteiger partial charge in [0.05, 0.1) is 0 Å². The van der Waals surface area contributed by atoms with E-state index in [1.54, 1.807) is 22.7 Å². The molecule has 2 rings (SSSR count). The Morgan fingerprint density at radius 2 is 2.46 bits per heavy atom. The number of rotatable bonds is 3. The number of nitrogens with zero attached hydrogens (tertiary/aromatic N) is 1. The number of hydrogen-bond acceptors (Lipinski definition) is 4. The number of thiazole rings is 1. The Labute approximate surface area is 85.3 Å². The van der Waals surface area contributed by atoms with Crippen LogP contribution in [0, 0.1) is 6.92 Å². The summed E-state index contributed by atoms with van der Waals surface area (Å²) in [6, 6.07) is 2.12. The largest absolute Gasteiger partial charge is 0.357 e. The van der Waals surface area contributed by atoms with E-state index in [0.717, 1.165) is 11.7 Å². The zero-order valence-corrected chi connectivity index (χ0v) is 8.91. The molecule has 2 nitrogen and oxygen atoms in total. The molecule has 0 bridgehead atoms. The summed E-state index contributed by atoms with van der Waals surface area (Å²) in [5, 5.41) is 8.52. The number of anilines is 1. The molecule has 0 spiro atoms. The molecule has 0 atom stereocenters. The van der Waals surface area contributed by atoms with E-state index in [0.29, 0.717) is 0 Å². The quantitative estimate of drug-likeness (QED) is 0.842. The Morgan fingerprint density at radius 1 is 1.54 bits per heavy atom. The fourth-order valence-electron chi connectivity index (χ4n) is 1.01. The molecule has 2 aromatic heterocycles. The summed E-state index contributed by atoms with van der Waals surface area (Å²) >= 11 is 3.41. The first kappa shape index (κ1) is 8.72. The van der Waals surface area contributed by atoms with Gasteiger partial charge < -0.3 is 5.32 Å². The van der Waals surface area contributed by atoms with Crippen LogP contribution in [0.15, 0.2) is 23.0 Å². The molecule has 0 aliphatic rings. The highest BCUT2D eigenvalue weighted by atomic mass is 32.1. The maximum absolute atomic E-state index is 4.23. The summed E-state index contributed by atoms with van der Waals surface area (Å²) < 4.78 is 0. The van der Waals surface area contributed by atoms with Crippen molar-refractivity contribution in [1.29, 1.82) is 0 Å². The van der Waals surface area contributed by atoms with Crippen molar-refractivity contribution in [2.24, 2.45) is 0 Å². The van der Waals surface area contributed by atoms with Crippen molar-refractivity contribution >= 4 is 27.8 Å². The van der Waals surface area contributed by atoms with Crippen molar-refractivity contribution < 1.29 is 0 Å². The minimum atomic E-state index is 0.871. The standard InChI is InChI=1S/C9H10N2S2/c1-7-4-10-9(13-7)11-5-8-2-3-12-6-8/h2-4,6H,5H2,1H3,(H,10,11). The monoisotopic (exact) mass is 210 g/mol. The van der Waals surface area contributed by atoms with Crippen LogP contribution in [0.5, 0.6) is 0 Å². The highest BCUT2D eigenvalue weighted by Crippen LogP contribution is 2.17. The van der Waals surface area contributed by atoms with Crippen LogP contribution in [0.1, 0.15) is 10.4 Å². The molecule has 13 heavy (non-hydrogen) atoms. The SMILES string of the molecule is Cc1cnc(NCc2ccsc2)s1. The van der Waals surface area contributed by atoms with Crippen LogP contribution in [0.4, 0.5) is 5.13 Å². The lowest BCUT2D eigenvalue weighted by Crippen LogP contribution is -1.96. The Balaban J connectivity index is 1.93. The maximum atomic E-state index is 4.23. The second-order valence-electron chi connectivity index (χ2n) is 2.76. The molecule has 0 aromatic carbocycles. The molecule has 4 heteroatoms. The summed E-state index contributed by atoms with van der Waals surface area (Å²) in [6.07, 6.45) is 1.89. The Morgan fingerprint density at radius 3 is 3.08 bits per heavy atom. The molecule has 0 radical (unpaired) electrons. The van der Waals surface area contributed by atoms with Gasteiger partial charge >= 0.3 is 0 Å². The number of aromatic nitrogens is 1. The van der Waals surface area contributed by atoms with E-state index in [4.69, 9.17) is 0 Å². The Bertz CT molecular complexity index is 365. The predicted molar refractivity (Wildman–Crippen MR) is 58.5 cm³/mol. The normalized spacial score (nSPS) is 10.2. The van der Waals surface area contributed by atoms with Gasteiger partial charge in [-0.1, -0.05) is 0 Å². The molecule has 0 aliphatic heterocycles. The second-order valence-corrected chi connectivity index (χ2v) is 4.78. The summed E-state index contributed by atoms with van der Waals surface area (Å²) in [6.45, 7) is 2.93. The highest BCUT2D eigenvalue weighted by Gasteiger charge is 1.97. The summed E-state index contributed by atoms with van der Waals surface area (Å²) in [7, 11) is 0. The van der Waals surface area contributed by atoms with E-state index in [2.05, 4.69) is 34.1 Å². The van der Waals surface area contributed by atoms with Crippen LogP contribution in [0.2, 0.25) is 0 Å². The summed E-state index contributed by atoms with van der Waals surface area (Å²) in [5.74, 6) is 0. The van der Waals surface area contributed by atoms with Crippen molar-refractivity contribution in [2.45, 2.75) is 13.5 Å². The first-order valence-electron chi connectivity index (χ1n) is 4.02. The number of aryl methyl sites for hydroxylation is 1. The van der Waals surface area contributed by atoms with Gasteiger partial charge in [0, 0.05) is 17.6 Å². The van der Waals surface area contributed by atoms with Crippen LogP contribution < -0.4 is 5.32 Å². The van der Waals surface area contributed by atoms with Gasteiger partial charge in [-0.3, -0.25) is 0 Å². The van der Waals surface area contributed by atoms with E-state index in [1.165, 1.54) is 10.4 Å². The predicted octanol–water partition coefficient (Wildman–Crippen LogP) is 3.13. The van der Waals surface area contributed by atoms with Crippen molar-refractivity contribution in [3.8, 4) is 0 Å². The van der Waals surface area contributed by atoms with Crippen LogP contribution in [-0.2, 0) is 6.54 Å². The summed E-state index contributed by atoms with van der Waals surface area (Å²) in [5.41, 5.74) is 1.32. The maximum Gasteiger partial charge on any atom is 0.183 e. The Kier molecular flexibility index (Phi) is 2.61. The van der Waals surface area contributed by atoms with Gasteiger partial charge in [-0.25, -0.2) is 4.98 Å². The first-order valence-corrected chi connectivity index (χ1v) is 5.78. The third kappa shape index (κ3) is 2.29. The zero-order chi connectivity index (χ0) is 9.10. The molecular weight excluding hydrogens is 200 g/mol. The molecule has 2 heterocycles. The first-order chi connectivity index (χ1) is 6.34. The fraction of sp³-hybridized carbons (Fsp3) is 0.222. The van der Waals surface area contributed by atoms with Gasteiger partial charge in [-0.15, -0.1) is 11.3 Å². The van der Waals surface area contributed by atoms with Crippen molar-refractivity contribution in [3.05, 3.63) is 33.5 Å². The fourth-order valence-corrected chi connectivity index (χ4v) is 2.34. The summed E-state index contributed by atoms with van der Waals surface area (Å²) in [4.78, 5) is 5.47. The smallest absolute Gasteiger partial charge is 0.183 e. The average Bonchev–Trinajstić information content (AvgIpc) is 2.71. The van der Waals surface area contributed by atoms with Gasteiger partial charge in [0.1, 0.15) is 0 Å². The van der Waals surface area contributed by atoms with Crippen molar-refractivity contribution in [3.63, 3.8) is 0 Å². The van der Waals surface area contributed by atoms with Crippen LogP contribution >= 0.6 is 22.7 Å². The van der Waals surface area contributed by atoms with E-state index in [-0.39, 0.29) is 0 Å². The van der Waals surface area contributed by atoms with E-state index >= 15 is 0 Å². The minimum absolute atomic E-state index is 0.871. The molecule has 0 aliphatic carbocycles. The molecule has 68 valence electrons. The number of hydrogen-bond donors (Lipinski definition) is 1. The molecule has 2 aromatic rings. The molecule has 0 saturated carbocycles. The average molecular weight is 210 g/mol. The number of nitrogens with one attached hydrogen (secondary N) is 1. The number of thiophene rings is 1. The van der Waals surface area contributed by atoms with Crippen LogP contribution in [0.25, 0.3) is 0 Å². The van der Waals surface area contributed by atoms with Crippen LogP contribution in [0.3, 0.4) is 0 Å². The van der Waals surface area contributed by atoms with Gasteiger partial charge in [-0.2, -0.15) is 11.3 Å². The third-order valence-corrected chi connectivity index (χ3v) is 3.25. The molecule has 1 N–H and O–H groups in total. The molecule has 0 unspecified atom stereocenters. The van der Waals surface area contributed by atoms with Gasteiger partial charge in [0.15, 0.2) is 5.13 Å². The minimum Gasteiger partial charge on any atom is -0.357 e. The molecular formula is C9H10N2S2. The lowest BCUT2D eigenvalue weighted by molar-refractivity contribution is 1.15. The van der Waals surface area contributed by atoms with Crippen LogP contribution in [-0.4, -0.2) is 4.98 Å². The zero-order valence-electron chi connectivity index (χ0n) is 7.28. The third-order valence-electron chi connectivity index (χ3n) is 1.65. The highest BCUT2D eigenvalue weighted by molar-refractivity contribution is 7.15. The van der Waals surface area contributed by atoms with Crippen molar-refractivity contribution in [2.75, 3.05) is 5.32 Å². The van der Waals surface area contributed by atoms with Gasteiger partial charge in [0.2, 0.25) is 0 Å². The lowest BCUT2D eigenvalue weighted by Gasteiger charge is -1.98. The molecule has 0 fully saturated rings. The second kappa shape index (κ2) is 3.89. The van der Waals surface area contributed by atoms with E-state index < -0.39 is 0 Å². The van der Waals surface area contributed by atoms with Gasteiger partial charge in [0.25, 0.3) is 0 Å². The molecule has 0 amide bonds. The lowest BCUT2D eigenvalue weighted by atomic mass is 10.3.